The van der Waals surface area contributed by atoms with Crippen molar-refractivity contribution in [1.82, 2.24) is 5.32 Å². The van der Waals surface area contributed by atoms with Gasteiger partial charge in [0.2, 0.25) is 15.9 Å². The first-order valence-corrected chi connectivity index (χ1v) is 9.83. The van der Waals surface area contributed by atoms with Crippen LogP contribution in [0, 0.1) is 0 Å². The Hall–Kier alpha value is -2.54. The summed E-state index contributed by atoms with van der Waals surface area (Å²) in [5, 5.41) is 6.06. The third-order valence-electron chi connectivity index (χ3n) is 3.62. The molecule has 0 spiro atoms. The van der Waals surface area contributed by atoms with Gasteiger partial charge in [0, 0.05) is 11.4 Å². The Bertz CT molecular complexity index is 805. The summed E-state index contributed by atoms with van der Waals surface area (Å²) in [4.78, 5) is 12.3. The van der Waals surface area contributed by atoms with Gasteiger partial charge in [0.15, 0.2) is 0 Å². The predicted octanol–water partition coefficient (Wildman–Crippen LogP) is 2.74. The molecule has 134 valence electrons. The quantitative estimate of drug-likeness (QED) is 0.708. The Morgan fingerprint density at radius 1 is 0.920 bits per heavy atom. The van der Waals surface area contributed by atoms with Crippen LogP contribution in [0.1, 0.15) is 25.5 Å². The van der Waals surface area contributed by atoms with Crippen LogP contribution in [0.5, 0.6) is 0 Å². The molecule has 2 rings (SSSR count). The predicted molar refractivity (Wildman–Crippen MR) is 101 cm³/mol. The molecule has 0 heterocycles. The van der Waals surface area contributed by atoms with Crippen molar-refractivity contribution in [3.63, 3.8) is 0 Å². The van der Waals surface area contributed by atoms with E-state index in [0.717, 1.165) is 17.5 Å². The molecular formula is C18H23N3O3S. The molecule has 6 nitrogen and oxygen atoms in total. The Labute approximate surface area is 148 Å². The SMILES string of the molecule is CC(Nc1ccc(NS(C)(=O)=O)cc1)C(=O)NC(C)c1ccccc1. The zero-order valence-electron chi connectivity index (χ0n) is 14.5. The Morgan fingerprint density at radius 3 is 2.04 bits per heavy atom. The summed E-state index contributed by atoms with van der Waals surface area (Å²) in [5.74, 6) is -0.116. The standard InChI is InChI=1S/C18H23N3O3S/c1-13(15-7-5-4-6-8-15)20-18(22)14(2)19-16-9-11-17(12-10-16)21-25(3,23)24/h4-14,19,21H,1-3H3,(H,20,22). The summed E-state index contributed by atoms with van der Waals surface area (Å²) in [6, 6.07) is 15.9. The molecule has 0 aliphatic heterocycles. The van der Waals surface area contributed by atoms with Crippen LogP contribution in [0.25, 0.3) is 0 Å². The minimum atomic E-state index is -3.30. The van der Waals surface area contributed by atoms with Crippen molar-refractivity contribution in [3.8, 4) is 0 Å². The van der Waals surface area contributed by atoms with E-state index >= 15 is 0 Å². The van der Waals surface area contributed by atoms with Crippen molar-refractivity contribution < 1.29 is 13.2 Å². The van der Waals surface area contributed by atoms with Crippen LogP contribution in [0.3, 0.4) is 0 Å². The number of sulfonamides is 1. The number of rotatable bonds is 7. The number of benzene rings is 2. The average Bonchev–Trinajstić information content (AvgIpc) is 2.56. The summed E-state index contributed by atoms with van der Waals surface area (Å²) in [6.45, 7) is 3.71. The topological polar surface area (TPSA) is 87.3 Å². The highest BCUT2D eigenvalue weighted by Gasteiger charge is 2.16. The van der Waals surface area contributed by atoms with E-state index in [0.29, 0.717) is 5.69 Å². The molecule has 0 fully saturated rings. The third kappa shape index (κ3) is 6.11. The fourth-order valence-electron chi connectivity index (χ4n) is 2.33. The first-order chi connectivity index (χ1) is 11.7. The number of anilines is 2. The van der Waals surface area contributed by atoms with E-state index in [-0.39, 0.29) is 11.9 Å². The van der Waals surface area contributed by atoms with Crippen LogP contribution in [-0.2, 0) is 14.8 Å². The van der Waals surface area contributed by atoms with Crippen LogP contribution in [0.15, 0.2) is 54.6 Å². The third-order valence-corrected chi connectivity index (χ3v) is 4.23. The van der Waals surface area contributed by atoms with Crippen molar-refractivity contribution >= 4 is 27.3 Å². The van der Waals surface area contributed by atoms with Gasteiger partial charge in [-0.2, -0.15) is 0 Å². The van der Waals surface area contributed by atoms with Gasteiger partial charge in [-0.3, -0.25) is 9.52 Å². The molecular weight excluding hydrogens is 338 g/mol. The van der Waals surface area contributed by atoms with Crippen molar-refractivity contribution in [2.45, 2.75) is 25.9 Å². The molecule has 7 heteroatoms. The minimum Gasteiger partial charge on any atom is -0.374 e. The Kier molecular flexibility index (Phi) is 6.03. The molecule has 0 saturated heterocycles. The van der Waals surface area contributed by atoms with Gasteiger partial charge in [-0.25, -0.2) is 8.42 Å². The smallest absolute Gasteiger partial charge is 0.242 e. The van der Waals surface area contributed by atoms with Crippen LogP contribution in [0.2, 0.25) is 0 Å². The molecule has 0 aromatic heterocycles. The molecule has 2 unspecified atom stereocenters. The first-order valence-electron chi connectivity index (χ1n) is 7.94. The summed E-state index contributed by atoms with van der Waals surface area (Å²) >= 11 is 0. The van der Waals surface area contributed by atoms with Gasteiger partial charge in [-0.1, -0.05) is 30.3 Å². The van der Waals surface area contributed by atoms with Gasteiger partial charge in [-0.15, -0.1) is 0 Å². The second kappa shape index (κ2) is 8.02. The van der Waals surface area contributed by atoms with E-state index in [9.17, 15) is 13.2 Å². The van der Waals surface area contributed by atoms with E-state index in [1.165, 1.54) is 0 Å². The fourth-order valence-corrected chi connectivity index (χ4v) is 2.89. The fraction of sp³-hybridized carbons (Fsp3) is 0.278. The zero-order valence-corrected chi connectivity index (χ0v) is 15.3. The lowest BCUT2D eigenvalue weighted by atomic mass is 10.1. The summed E-state index contributed by atoms with van der Waals surface area (Å²) < 4.78 is 24.8. The molecule has 0 saturated carbocycles. The van der Waals surface area contributed by atoms with Crippen molar-refractivity contribution in [1.29, 1.82) is 0 Å². The van der Waals surface area contributed by atoms with Crippen LogP contribution < -0.4 is 15.4 Å². The zero-order chi connectivity index (χ0) is 18.4. The van der Waals surface area contributed by atoms with Crippen molar-refractivity contribution in [2.75, 3.05) is 16.3 Å². The monoisotopic (exact) mass is 361 g/mol. The maximum absolute atomic E-state index is 12.3. The molecule has 2 aromatic rings. The Morgan fingerprint density at radius 2 is 1.48 bits per heavy atom. The van der Waals surface area contributed by atoms with Gasteiger partial charge in [0.1, 0.15) is 6.04 Å². The van der Waals surface area contributed by atoms with E-state index in [1.54, 1.807) is 31.2 Å². The van der Waals surface area contributed by atoms with E-state index in [4.69, 9.17) is 0 Å². The number of hydrogen-bond acceptors (Lipinski definition) is 4. The highest BCUT2D eigenvalue weighted by Crippen LogP contribution is 2.16. The molecule has 3 N–H and O–H groups in total. The van der Waals surface area contributed by atoms with E-state index in [2.05, 4.69) is 15.4 Å². The second-order valence-corrected chi connectivity index (χ2v) is 7.71. The molecule has 1 amide bonds. The number of nitrogens with one attached hydrogen (secondary N) is 3. The van der Waals surface area contributed by atoms with Gasteiger partial charge in [-0.05, 0) is 43.7 Å². The van der Waals surface area contributed by atoms with Crippen LogP contribution in [-0.4, -0.2) is 26.6 Å². The lowest BCUT2D eigenvalue weighted by Crippen LogP contribution is -2.38. The molecule has 25 heavy (non-hydrogen) atoms. The Balaban J connectivity index is 1.92. The van der Waals surface area contributed by atoms with E-state index < -0.39 is 16.1 Å². The molecule has 0 bridgehead atoms. The molecule has 0 aliphatic carbocycles. The van der Waals surface area contributed by atoms with Crippen LogP contribution in [0.4, 0.5) is 11.4 Å². The largest absolute Gasteiger partial charge is 0.374 e. The highest BCUT2D eigenvalue weighted by atomic mass is 32.2. The lowest BCUT2D eigenvalue weighted by Gasteiger charge is -2.19. The number of carbonyl (C=O) groups is 1. The molecule has 2 atom stereocenters. The molecule has 0 aliphatic rings. The maximum Gasteiger partial charge on any atom is 0.242 e. The second-order valence-electron chi connectivity index (χ2n) is 5.96. The number of carbonyl (C=O) groups excluding carboxylic acids is 1. The molecule has 0 radical (unpaired) electrons. The summed E-state index contributed by atoms with van der Waals surface area (Å²) in [5.41, 5.74) is 2.25. The summed E-state index contributed by atoms with van der Waals surface area (Å²) in [7, 11) is -3.30. The van der Waals surface area contributed by atoms with Crippen molar-refractivity contribution in [2.24, 2.45) is 0 Å². The van der Waals surface area contributed by atoms with Gasteiger partial charge in [0.25, 0.3) is 0 Å². The average molecular weight is 361 g/mol. The minimum absolute atomic E-state index is 0.0840. The summed E-state index contributed by atoms with van der Waals surface area (Å²) in [6.07, 6.45) is 1.10. The van der Waals surface area contributed by atoms with Gasteiger partial charge >= 0.3 is 0 Å². The van der Waals surface area contributed by atoms with E-state index in [1.807, 2.05) is 37.3 Å². The highest BCUT2D eigenvalue weighted by molar-refractivity contribution is 7.92. The number of hydrogen-bond donors (Lipinski definition) is 3. The van der Waals surface area contributed by atoms with Crippen LogP contribution >= 0.6 is 0 Å². The maximum atomic E-state index is 12.3. The number of amides is 1. The van der Waals surface area contributed by atoms with Gasteiger partial charge < -0.3 is 10.6 Å². The van der Waals surface area contributed by atoms with Crippen molar-refractivity contribution in [3.05, 3.63) is 60.2 Å². The molecule has 2 aromatic carbocycles. The lowest BCUT2D eigenvalue weighted by molar-refractivity contribution is -0.122. The van der Waals surface area contributed by atoms with Gasteiger partial charge in [0.05, 0.1) is 12.3 Å². The first kappa shape index (κ1) is 18.8. The normalized spacial score (nSPS) is 13.6.